The number of esters is 1. The molecule has 0 aromatic carbocycles. The number of aromatic nitrogens is 2. The zero-order valence-corrected chi connectivity index (χ0v) is 9.53. The second-order valence-corrected chi connectivity index (χ2v) is 3.38. The lowest BCUT2D eigenvalue weighted by Crippen LogP contribution is -2.39. The second kappa shape index (κ2) is 5.29. The molecule has 1 amide bonds. The summed E-state index contributed by atoms with van der Waals surface area (Å²) in [6.45, 7) is 5.36. The molecule has 1 rings (SSSR count). The molecule has 0 spiro atoms. The maximum atomic E-state index is 11.6. The van der Waals surface area contributed by atoms with Gasteiger partial charge < -0.3 is 10.1 Å². The SMILES string of the molecule is CCOC(=O)C(C)NC(=O)c1cc(C)[nH]n1. The van der Waals surface area contributed by atoms with Crippen LogP contribution >= 0.6 is 0 Å². The van der Waals surface area contributed by atoms with Crippen LogP contribution in [0.5, 0.6) is 0 Å². The Kier molecular flexibility index (Phi) is 4.04. The fourth-order valence-electron chi connectivity index (χ4n) is 1.13. The molecule has 0 aliphatic heterocycles. The van der Waals surface area contributed by atoms with E-state index in [9.17, 15) is 9.59 Å². The van der Waals surface area contributed by atoms with E-state index in [1.807, 2.05) is 0 Å². The minimum atomic E-state index is -0.676. The van der Waals surface area contributed by atoms with Crippen molar-refractivity contribution < 1.29 is 14.3 Å². The molecule has 0 radical (unpaired) electrons. The van der Waals surface area contributed by atoms with Crippen molar-refractivity contribution >= 4 is 11.9 Å². The van der Waals surface area contributed by atoms with E-state index < -0.39 is 17.9 Å². The molecule has 1 atom stereocenters. The number of hydrogen-bond donors (Lipinski definition) is 2. The molecule has 6 heteroatoms. The first-order chi connectivity index (χ1) is 7.54. The molecular weight excluding hydrogens is 210 g/mol. The van der Waals surface area contributed by atoms with E-state index in [4.69, 9.17) is 4.74 Å². The van der Waals surface area contributed by atoms with Gasteiger partial charge in [0.1, 0.15) is 11.7 Å². The average molecular weight is 225 g/mol. The summed E-state index contributed by atoms with van der Waals surface area (Å²) in [5.74, 6) is -0.854. The van der Waals surface area contributed by atoms with Crippen LogP contribution in [0.4, 0.5) is 0 Å². The monoisotopic (exact) mass is 225 g/mol. The van der Waals surface area contributed by atoms with Gasteiger partial charge >= 0.3 is 5.97 Å². The van der Waals surface area contributed by atoms with E-state index in [-0.39, 0.29) is 5.69 Å². The number of aryl methyl sites for hydroxylation is 1. The summed E-state index contributed by atoms with van der Waals surface area (Å²) in [4.78, 5) is 22.8. The van der Waals surface area contributed by atoms with Crippen LogP contribution in [0.2, 0.25) is 0 Å². The van der Waals surface area contributed by atoms with Gasteiger partial charge in [0.15, 0.2) is 0 Å². The van der Waals surface area contributed by atoms with Gasteiger partial charge in [-0.15, -0.1) is 0 Å². The van der Waals surface area contributed by atoms with E-state index >= 15 is 0 Å². The third-order valence-corrected chi connectivity index (χ3v) is 1.93. The lowest BCUT2D eigenvalue weighted by Gasteiger charge is -2.11. The smallest absolute Gasteiger partial charge is 0.328 e. The minimum absolute atomic E-state index is 0.258. The number of nitrogens with zero attached hydrogens (tertiary/aromatic N) is 1. The quantitative estimate of drug-likeness (QED) is 0.726. The highest BCUT2D eigenvalue weighted by Crippen LogP contribution is 1.98. The van der Waals surface area contributed by atoms with Crippen LogP contribution in [0.25, 0.3) is 0 Å². The number of carbonyl (C=O) groups excluding carboxylic acids is 2. The molecule has 0 fully saturated rings. The number of hydrogen-bond acceptors (Lipinski definition) is 4. The van der Waals surface area contributed by atoms with Gasteiger partial charge in [0.25, 0.3) is 5.91 Å². The Balaban J connectivity index is 2.54. The predicted molar refractivity (Wildman–Crippen MR) is 56.9 cm³/mol. The molecule has 1 aromatic rings. The van der Waals surface area contributed by atoms with Crippen molar-refractivity contribution in [2.75, 3.05) is 6.61 Å². The van der Waals surface area contributed by atoms with E-state index in [1.54, 1.807) is 26.8 Å². The number of nitrogens with one attached hydrogen (secondary N) is 2. The lowest BCUT2D eigenvalue weighted by molar-refractivity contribution is -0.144. The third-order valence-electron chi connectivity index (χ3n) is 1.93. The standard InChI is InChI=1S/C10H15N3O3/c1-4-16-10(15)7(3)11-9(14)8-5-6(2)12-13-8/h5,7H,4H2,1-3H3,(H,11,14)(H,12,13). The normalized spacial score (nSPS) is 11.9. The average Bonchev–Trinajstić information content (AvgIpc) is 2.65. The van der Waals surface area contributed by atoms with E-state index in [0.717, 1.165) is 5.69 Å². The number of aromatic amines is 1. The molecule has 1 heterocycles. The van der Waals surface area contributed by atoms with Crippen LogP contribution in [0.3, 0.4) is 0 Å². The Labute approximate surface area is 93.4 Å². The molecule has 88 valence electrons. The maximum absolute atomic E-state index is 11.6. The van der Waals surface area contributed by atoms with E-state index in [2.05, 4.69) is 15.5 Å². The van der Waals surface area contributed by atoms with Crippen molar-refractivity contribution in [3.63, 3.8) is 0 Å². The van der Waals surface area contributed by atoms with Gasteiger partial charge in [-0.25, -0.2) is 4.79 Å². The van der Waals surface area contributed by atoms with Crippen LogP contribution in [-0.4, -0.2) is 34.7 Å². The van der Waals surface area contributed by atoms with Gasteiger partial charge in [-0.2, -0.15) is 5.10 Å². The number of H-pyrrole nitrogens is 1. The van der Waals surface area contributed by atoms with Crippen LogP contribution in [0.1, 0.15) is 30.0 Å². The van der Waals surface area contributed by atoms with Crippen LogP contribution in [-0.2, 0) is 9.53 Å². The molecule has 1 unspecified atom stereocenters. The molecule has 0 aliphatic rings. The number of amides is 1. The predicted octanol–water partition coefficient (Wildman–Crippen LogP) is 0.400. The first kappa shape index (κ1) is 12.2. The summed E-state index contributed by atoms with van der Waals surface area (Å²) in [7, 11) is 0. The number of ether oxygens (including phenoxy) is 1. The van der Waals surface area contributed by atoms with Crippen molar-refractivity contribution in [1.29, 1.82) is 0 Å². The third kappa shape index (κ3) is 3.08. The maximum Gasteiger partial charge on any atom is 0.328 e. The second-order valence-electron chi connectivity index (χ2n) is 3.38. The van der Waals surface area contributed by atoms with Crippen LogP contribution in [0, 0.1) is 6.92 Å². The summed E-state index contributed by atoms with van der Waals surface area (Å²) in [6.07, 6.45) is 0. The Morgan fingerprint density at radius 3 is 2.81 bits per heavy atom. The van der Waals surface area contributed by atoms with Crippen molar-refractivity contribution in [3.05, 3.63) is 17.5 Å². The molecule has 1 aromatic heterocycles. The molecule has 16 heavy (non-hydrogen) atoms. The molecule has 0 bridgehead atoms. The highest BCUT2D eigenvalue weighted by molar-refractivity contribution is 5.95. The van der Waals surface area contributed by atoms with Gasteiger partial charge in [-0.05, 0) is 26.8 Å². The minimum Gasteiger partial charge on any atom is -0.464 e. The Morgan fingerprint density at radius 1 is 1.62 bits per heavy atom. The first-order valence-electron chi connectivity index (χ1n) is 5.04. The summed E-state index contributed by atoms with van der Waals surface area (Å²) < 4.78 is 4.76. The Hall–Kier alpha value is -1.85. The molecule has 0 saturated carbocycles. The van der Waals surface area contributed by atoms with Crippen molar-refractivity contribution in [2.45, 2.75) is 26.8 Å². The van der Waals surface area contributed by atoms with Crippen LogP contribution < -0.4 is 5.32 Å². The Bertz CT molecular complexity index is 386. The fraction of sp³-hybridized carbons (Fsp3) is 0.500. The van der Waals surface area contributed by atoms with E-state index in [0.29, 0.717) is 6.61 Å². The molecule has 0 saturated heterocycles. The van der Waals surface area contributed by atoms with Crippen LogP contribution in [0.15, 0.2) is 6.07 Å². The lowest BCUT2D eigenvalue weighted by atomic mass is 10.3. The fourth-order valence-corrected chi connectivity index (χ4v) is 1.13. The van der Waals surface area contributed by atoms with Gasteiger partial charge in [-0.3, -0.25) is 9.89 Å². The molecule has 0 aliphatic carbocycles. The molecule has 2 N–H and O–H groups in total. The van der Waals surface area contributed by atoms with Gasteiger partial charge in [0.2, 0.25) is 0 Å². The van der Waals surface area contributed by atoms with E-state index in [1.165, 1.54) is 0 Å². The van der Waals surface area contributed by atoms with Gasteiger partial charge in [-0.1, -0.05) is 0 Å². The first-order valence-corrected chi connectivity index (χ1v) is 5.04. The topological polar surface area (TPSA) is 84.1 Å². The zero-order valence-electron chi connectivity index (χ0n) is 9.53. The summed E-state index contributed by atoms with van der Waals surface area (Å²) in [6, 6.07) is 0.928. The number of rotatable bonds is 4. The highest BCUT2D eigenvalue weighted by Gasteiger charge is 2.18. The Morgan fingerprint density at radius 2 is 2.31 bits per heavy atom. The van der Waals surface area contributed by atoms with Crippen molar-refractivity contribution in [3.8, 4) is 0 Å². The largest absolute Gasteiger partial charge is 0.464 e. The summed E-state index contributed by atoms with van der Waals surface area (Å²) >= 11 is 0. The highest BCUT2D eigenvalue weighted by atomic mass is 16.5. The van der Waals surface area contributed by atoms with Crippen molar-refractivity contribution in [1.82, 2.24) is 15.5 Å². The zero-order chi connectivity index (χ0) is 12.1. The van der Waals surface area contributed by atoms with Crippen molar-refractivity contribution in [2.24, 2.45) is 0 Å². The molecule has 6 nitrogen and oxygen atoms in total. The molecular formula is C10H15N3O3. The summed E-state index contributed by atoms with van der Waals surface area (Å²) in [5, 5.41) is 8.93. The summed E-state index contributed by atoms with van der Waals surface area (Å²) in [5.41, 5.74) is 1.04. The number of carbonyl (C=O) groups is 2. The van der Waals surface area contributed by atoms with Gasteiger partial charge in [0.05, 0.1) is 6.61 Å². The van der Waals surface area contributed by atoms with Gasteiger partial charge in [0, 0.05) is 5.69 Å².